The number of hydrogen-bond donors (Lipinski definition) is 4. The van der Waals surface area contributed by atoms with Crippen LogP contribution < -0.4 is 5.32 Å². The Morgan fingerprint density at radius 2 is 1.42 bits per heavy atom. The first-order valence-electron chi connectivity index (χ1n) is 19.8. The number of aromatic nitrogens is 4. The molecule has 2 aromatic heterocycles. The first-order valence-corrected chi connectivity index (χ1v) is 19.8. The van der Waals surface area contributed by atoms with E-state index in [-0.39, 0.29) is 29.8 Å². The summed E-state index contributed by atoms with van der Waals surface area (Å²) in [6.45, 7) is 5.48. The summed E-state index contributed by atoms with van der Waals surface area (Å²) < 4.78 is 11.0. The lowest BCUT2D eigenvalue weighted by molar-refractivity contribution is -0.142. The molecule has 3 aliphatic rings. The van der Waals surface area contributed by atoms with Gasteiger partial charge in [-0.05, 0) is 59.4 Å². The van der Waals surface area contributed by atoms with Gasteiger partial charge in [-0.3, -0.25) is 9.59 Å². The number of aliphatic hydroxyl groups excluding tert-OH is 1. The molecule has 296 valence electrons. The van der Waals surface area contributed by atoms with Gasteiger partial charge in [-0.15, -0.1) is 0 Å². The Labute approximate surface area is 331 Å². The summed E-state index contributed by atoms with van der Waals surface area (Å²) >= 11 is 0. The smallest absolute Gasteiger partial charge is 0.407 e. The summed E-state index contributed by atoms with van der Waals surface area (Å²) in [5.41, 5.74) is 5.88. The Bertz CT molecular complexity index is 2190. The van der Waals surface area contributed by atoms with Crippen molar-refractivity contribution in [1.82, 2.24) is 35.1 Å². The van der Waals surface area contributed by atoms with E-state index in [1.165, 1.54) is 7.11 Å². The van der Waals surface area contributed by atoms with E-state index in [0.29, 0.717) is 37.5 Å². The van der Waals surface area contributed by atoms with Crippen LogP contribution in [0.1, 0.15) is 81.4 Å². The second-order valence-corrected chi connectivity index (χ2v) is 15.7. The van der Waals surface area contributed by atoms with E-state index in [2.05, 4.69) is 68.8 Å². The predicted octanol–water partition coefficient (Wildman–Crippen LogP) is 6.73. The summed E-state index contributed by atoms with van der Waals surface area (Å²) in [7, 11) is 1.29. The highest BCUT2D eigenvalue weighted by Crippen LogP contribution is 2.45. The van der Waals surface area contributed by atoms with E-state index < -0.39 is 23.8 Å². The van der Waals surface area contributed by atoms with E-state index in [4.69, 9.17) is 14.5 Å². The fourth-order valence-electron chi connectivity index (χ4n) is 8.58. The minimum atomic E-state index is -1.26. The van der Waals surface area contributed by atoms with Crippen molar-refractivity contribution in [2.75, 3.05) is 26.8 Å². The quantitative estimate of drug-likeness (QED) is 0.121. The first kappa shape index (κ1) is 38.1. The summed E-state index contributed by atoms with van der Waals surface area (Å²) in [6, 6.07) is 24.3. The molecule has 5 aromatic rings. The number of benzene rings is 3. The number of hydrogen-bond acceptors (Lipinski definition) is 8. The third-order valence-electron chi connectivity index (χ3n) is 11.7. The largest absolute Gasteiger partial charge is 0.453 e. The van der Waals surface area contributed by atoms with Crippen molar-refractivity contribution in [3.05, 3.63) is 108 Å². The lowest BCUT2D eigenvalue weighted by atomic mass is 9.96. The third-order valence-corrected chi connectivity index (χ3v) is 11.7. The number of likely N-dealkylation sites (tertiary alicyclic amines) is 2. The normalized spacial score (nSPS) is 21.6. The maximum Gasteiger partial charge on any atom is 0.407 e. The lowest BCUT2D eigenvalue weighted by Gasteiger charge is -2.30. The highest BCUT2D eigenvalue weighted by molar-refractivity contribution is 5.86. The van der Waals surface area contributed by atoms with Crippen molar-refractivity contribution in [2.45, 2.75) is 75.8 Å². The number of H-pyrrole nitrogens is 2. The van der Waals surface area contributed by atoms with E-state index in [1.807, 2.05) is 36.9 Å². The van der Waals surface area contributed by atoms with Gasteiger partial charge in [-0.25, -0.2) is 14.8 Å². The molecule has 3 saturated heterocycles. The maximum absolute atomic E-state index is 13.7. The van der Waals surface area contributed by atoms with E-state index in [1.54, 1.807) is 29.4 Å². The van der Waals surface area contributed by atoms with Crippen molar-refractivity contribution in [3.63, 3.8) is 0 Å². The van der Waals surface area contributed by atoms with Gasteiger partial charge < -0.3 is 39.7 Å². The summed E-state index contributed by atoms with van der Waals surface area (Å²) in [4.78, 5) is 59.1. The van der Waals surface area contributed by atoms with Gasteiger partial charge in [0.2, 0.25) is 5.91 Å². The minimum Gasteiger partial charge on any atom is -0.453 e. The Morgan fingerprint density at radius 1 is 0.825 bits per heavy atom. The highest BCUT2D eigenvalue weighted by atomic mass is 16.5. The number of nitrogens with one attached hydrogen (secondary N) is 3. The SMILES string of the molecule is COC(=O)N[C@H](C(=O)N1CCC[C@H]1c1ncc(-c2ccc(-c3ccc(-c4cnc([C@@H]5C[C@@]6(CCCO6)CN5C(=O)[C@@H](O)c5ccccc5)[nH]4)cc3)cc2)[nH]1)C(C)C. The number of aromatic amines is 2. The van der Waals surface area contributed by atoms with Crippen molar-refractivity contribution >= 4 is 17.9 Å². The zero-order valence-corrected chi connectivity index (χ0v) is 32.5. The Kier molecular flexibility index (Phi) is 10.7. The van der Waals surface area contributed by atoms with Crippen molar-refractivity contribution in [1.29, 1.82) is 0 Å². The number of carbonyl (C=O) groups excluding carboxylic acids is 3. The molecule has 4 N–H and O–H groups in total. The number of amides is 3. The lowest BCUT2D eigenvalue weighted by Crippen LogP contribution is -2.51. The molecule has 0 radical (unpaired) electrons. The number of methoxy groups -OCH3 is 1. The molecule has 8 rings (SSSR count). The van der Waals surface area contributed by atoms with Crippen molar-refractivity contribution < 1.29 is 29.0 Å². The number of ether oxygens (including phenoxy) is 2. The fraction of sp³-hybridized carbons (Fsp3) is 0.386. The van der Waals surface area contributed by atoms with Gasteiger partial charge in [0.05, 0.1) is 55.1 Å². The zero-order valence-electron chi connectivity index (χ0n) is 32.5. The van der Waals surface area contributed by atoms with Crippen LogP contribution in [-0.4, -0.2) is 91.2 Å². The molecule has 0 aliphatic carbocycles. The van der Waals surface area contributed by atoms with Gasteiger partial charge in [0.1, 0.15) is 17.7 Å². The number of carbonyl (C=O) groups is 3. The van der Waals surface area contributed by atoms with Crippen LogP contribution in [0.15, 0.2) is 91.3 Å². The number of aliphatic hydroxyl groups is 1. The standard InChI is InChI=1S/C44H49N7O6/c1-27(2)37(49-43(55)56-3)41(53)50-21-7-11-35(50)39-45-24-33(47-39)30-16-12-28(13-17-30)29-14-18-31(19-15-29)34-25-46-40(48-34)36-23-44(20-8-22-57-44)26-51(36)42(54)38(52)32-9-5-4-6-10-32/h4-6,9-10,12-19,24-25,27,35-38,52H,7-8,11,20-23,26H2,1-3H3,(H,45,47)(H,46,48)(H,49,55)/t35-,36-,37-,38-,44-/m0/s1. The van der Waals surface area contributed by atoms with Gasteiger partial charge >= 0.3 is 6.09 Å². The molecule has 13 heteroatoms. The molecule has 57 heavy (non-hydrogen) atoms. The first-order chi connectivity index (χ1) is 27.6. The molecule has 3 aliphatic heterocycles. The van der Waals surface area contributed by atoms with Gasteiger partial charge in [0.15, 0.2) is 6.10 Å². The minimum absolute atomic E-state index is 0.105. The number of alkyl carbamates (subject to hydrolysis) is 1. The number of nitrogens with zero attached hydrogens (tertiary/aromatic N) is 4. The second-order valence-electron chi connectivity index (χ2n) is 15.7. The second kappa shape index (κ2) is 16.0. The van der Waals surface area contributed by atoms with E-state index >= 15 is 0 Å². The Balaban J connectivity index is 0.942. The van der Waals surface area contributed by atoms with Crippen LogP contribution in [0.3, 0.4) is 0 Å². The Hall–Kier alpha value is -5.79. The van der Waals surface area contributed by atoms with Crippen LogP contribution in [0.5, 0.6) is 0 Å². The molecule has 5 atom stereocenters. The summed E-state index contributed by atoms with van der Waals surface area (Å²) in [5.74, 6) is 0.806. The van der Waals surface area contributed by atoms with Gasteiger partial charge in [0, 0.05) is 19.6 Å². The Morgan fingerprint density at radius 3 is 1.98 bits per heavy atom. The van der Waals surface area contributed by atoms with Gasteiger partial charge in [-0.2, -0.15) is 0 Å². The van der Waals surface area contributed by atoms with Crippen molar-refractivity contribution in [2.24, 2.45) is 5.92 Å². The van der Waals surface area contributed by atoms with Crippen LogP contribution in [0.4, 0.5) is 4.79 Å². The van der Waals surface area contributed by atoms with Crippen LogP contribution in [0.2, 0.25) is 0 Å². The van der Waals surface area contributed by atoms with Crippen LogP contribution in [-0.2, 0) is 19.1 Å². The fourth-order valence-corrected chi connectivity index (χ4v) is 8.58. The number of imidazole rings is 2. The maximum atomic E-state index is 13.7. The summed E-state index contributed by atoms with van der Waals surface area (Å²) in [6.07, 6.45) is 5.78. The van der Waals surface area contributed by atoms with Crippen LogP contribution in [0.25, 0.3) is 33.6 Å². The van der Waals surface area contributed by atoms with E-state index in [9.17, 15) is 19.5 Å². The topological polar surface area (TPSA) is 166 Å². The molecule has 3 aromatic carbocycles. The molecule has 0 saturated carbocycles. The highest BCUT2D eigenvalue weighted by Gasteiger charge is 2.51. The molecular formula is C44H49N7O6. The predicted molar refractivity (Wildman–Crippen MR) is 213 cm³/mol. The number of rotatable bonds is 10. The van der Waals surface area contributed by atoms with Crippen LogP contribution >= 0.6 is 0 Å². The molecule has 3 amide bonds. The van der Waals surface area contributed by atoms with Crippen LogP contribution in [0, 0.1) is 5.92 Å². The van der Waals surface area contributed by atoms with E-state index in [0.717, 1.165) is 65.1 Å². The molecule has 3 fully saturated rings. The molecule has 0 unspecified atom stereocenters. The average Bonchev–Trinajstić information content (AvgIpc) is 4.10. The molecule has 13 nitrogen and oxygen atoms in total. The zero-order chi connectivity index (χ0) is 39.7. The molecule has 0 bridgehead atoms. The molecule has 1 spiro atoms. The molecule has 5 heterocycles. The van der Waals surface area contributed by atoms with Gasteiger partial charge in [-0.1, -0.05) is 92.7 Å². The van der Waals surface area contributed by atoms with Crippen molar-refractivity contribution in [3.8, 4) is 33.6 Å². The van der Waals surface area contributed by atoms with Gasteiger partial charge in [0.25, 0.3) is 5.91 Å². The monoisotopic (exact) mass is 771 g/mol. The summed E-state index contributed by atoms with van der Waals surface area (Å²) in [5, 5.41) is 13.7. The third kappa shape index (κ3) is 7.69. The average molecular weight is 772 g/mol. The molecular weight excluding hydrogens is 723 g/mol.